The SMILES string of the molecule is O=C(O)Nc1ccc2c(c1)N(S(=O)(=O)c1cccc(C(F)(F)F)c1)CC(CS(=O)(=O)NCC(F)(F)F)O2. The van der Waals surface area contributed by atoms with Gasteiger partial charge in [-0.3, -0.25) is 9.62 Å². The number of nitrogens with zero attached hydrogens (tertiary/aromatic N) is 1. The number of fused-ring (bicyclic) bond motifs is 1. The molecule has 0 fully saturated rings. The summed E-state index contributed by atoms with van der Waals surface area (Å²) in [6.45, 7) is -2.73. The lowest BCUT2D eigenvalue weighted by Crippen LogP contribution is -2.48. The number of halogens is 6. The summed E-state index contributed by atoms with van der Waals surface area (Å²) in [6, 6.07) is 5.85. The molecule has 1 aliphatic rings. The molecule has 1 amide bonds. The largest absolute Gasteiger partial charge is 0.485 e. The van der Waals surface area contributed by atoms with Crippen LogP contribution in [0.3, 0.4) is 0 Å². The van der Waals surface area contributed by atoms with Gasteiger partial charge in [0.15, 0.2) is 0 Å². The summed E-state index contributed by atoms with van der Waals surface area (Å²) in [7, 11) is -9.50. The van der Waals surface area contributed by atoms with E-state index in [-0.39, 0.29) is 17.1 Å². The first-order chi connectivity index (χ1) is 16.9. The fraction of sp³-hybridized carbons (Fsp3) is 0.316. The molecular formula is C19H17F6N3O7S2. The smallest absolute Gasteiger partial charge is 0.416 e. The van der Waals surface area contributed by atoms with Crippen LogP contribution in [0, 0.1) is 0 Å². The van der Waals surface area contributed by atoms with Crippen molar-refractivity contribution in [2.24, 2.45) is 0 Å². The zero-order chi connectivity index (χ0) is 27.8. The highest BCUT2D eigenvalue weighted by atomic mass is 32.2. The Kier molecular flexibility index (Phi) is 7.58. The maximum Gasteiger partial charge on any atom is 0.416 e. The van der Waals surface area contributed by atoms with Crippen molar-refractivity contribution in [3.05, 3.63) is 48.0 Å². The van der Waals surface area contributed by atoms with Gasteiger partial charge < -0.3 is 9.84 Å². The van der Waals surface area contributed by atoms with Gasteiger partial charge in [0.2, 0.25) is 10.0 Å². The van der Waals surface area contributed by atoms with Gasteiger partial charge in [0.1, 0.15) is 24.2 Å². The summed E-state index contributed by atoms with van der Waals surface area (Å²) in [5.41, 5.74) is -1.80. The highest BCUT2D eigenvalue weighted by Gasteiger charge is 2.39. The minimum Gasteiger partial charge on any atom is -0.485 e. The van der Waals surface area contributed by atoms with Crippen molar-refractivity contribution in [3.8, 4) is 5.75 Å². The van der Waals surface area contributed by atoms with Crippen molar-refractivity contribution in [1.29, 1.82) is 0 Å². The molecule has 204 valence electrons. The van der Waals surface area contributed by atoms with Crippen LogP contribution in [0.2, 0.25) is 0 Å². The van der Waals surface area contributed by atoms with Crippen LogP contribution in [0.25, 0.3) is 0 Å². The molecule has 0 saturated heterocycles. The second kappa shape index (κ2) is 9.90. The molecule has 1 heterocycles. The fourth-order valence-corrected chi connectivity index (χ4v) is 5.99. The first kappa shape index (κ1) is 28.3. The molecule has 0 aromatic heterocycles. The third-order valence-electron chi connectivity index (χ3n) is 4.79. The van der Waals surface area contributed by atoms with Crippen molar-refractivity contribution in [2.75, 3.05) is 28.5 Å². The highest BCUT2D eigenvalue weighted by Crippen LogP contribution is 2.40. The number of ether oxygens (including phenoxy) is 1. The number of alkyl halides is 6. The minimum atomic E-state index is -4.90. The Labute approximate surface area is 205 Å². The standard InChI is InChI=1S/C19H17F6N3O7S2/c20-18(21,22)10-26-36(31,32)9-13-8-28(15-7-12(27-17(29)30)4-5-16(15)35-13)37(33,34)14-3-1-2-11(6-14)19(23,24)25/h1-7,13,26-27H,8-10H2,(H,29,30). The fourth-order valence-electron chi connectivity index (χ4n) is 3.28. The second-order valence-corrected chi connectivity index (χ2v) is 11.3. The molecule has 10 nitrogen and oxygen atoms in total. The Morgan fingerprint density at radius 2 is 1.73 bits per heavy atom. The van der Waals surface area contributed by atoms with Gasteiger partial charge in [-0.15, -0.1) is 0 Å². The van der Waals surface area contributed by atoms with Crippen LogP contribution in [0.5, 0.6) is 5.75 Å². The topological polar surface area (TPSA) is 142 Å². The molecule has 0 bridgehead atoms. The van der Waals surface area contributed by atoms with Crippen LogP contribution in [-0.2, 0) is 26.2 Å². The molecule has 3 N–H and O–H groups in total. The Balaban J connectivity index is 2.04. The number of amides is 1. The Hall–Kier alpha value is -3.25. The normalized spacial score (nSPS) is 16.6. The number of sulfonamides is 2. The van der Waals surface area contributed by atoms with Gasteiger partial charge in [0, 0.05) is 5.69 Å². The number of anilines is 2. The monoisotopic (exact) mass is 577 g/mol. The molecule has 3 rings (SSSR count). The van der Waals surface area contributed by atoms with Crippen LogP contribution in [0.1, 0.15) is 5.56 Å². The van der Waals surface area contributed by atoms with Gasteiger partial charge in [-0.2, -0.15) is 26.3 Å². The van der Waals surface area contributed by atoms with E-state index in [0.29, 0.717) is 16.4 Å². The van der Waals surface area contributed by atoms with E-state index in [2.05, 4.69) is 0 Å². The van der Waals surface area contributed by atoms with E-state index in [1.807, 2.05) is 5.32 Å². The predicted molar refractivity (Wildman–Crippen MR) is 116 cm³/mol. The number of hydrogen-bond acceptors (Lipinski definition) is 6. The van der Waals surface area contributed by atoms with E-state index in [4.69, 9.17) is 9.84 Å². The summed E-state index contributed by atoms with van der Waals surface area (Å²) in [4.78, 5) is 10.1. The van der Waals surface area contributed by atoms with Gasteiger partial charge in [0.05, 0.1) is 22.7 Å². The van der Waals surface area contributed by atoms with Crippen LogP contribution in [0.15, 0.2) is 47.4 Å². The lowest BCUT2D eigenvalue weighted by molar-refractivity contribution is -0.137. The van der Waals surface area contributed by atoms with Crippen molar-refractivity contribution in [1.82, 2.24) is 4.72 Å². The molecule has 1 unspecified atom stereocenters. The zero-order valence-corrected chi connectivity index (χ0v) is 19.8. The first-order valence-electron chi connectivity index (χ1n) is 9.92. The number of hydrogen-bond donors (Lipinski definition) is 3. The number of benzene rings is 2. The Morgan fingerprint density at radius 1 is 1.05 bits per heavy atom. The Morgan fingerprint density at radius 3 is 2.32 bits per heavy atom. The van der Waals surface area contributed by atoms with Gasteiger partial charge in [-0.05, 0) is 36.4 Å². The molecule has 0 spiro atoms. The number of carbonyl (C=O) groups is 1. The molecule has 2 aromatic rings. The summed E-state index contributed by atoms with van der Waals surface area (Å²) >= 11 is 0. The van der Waals surface area contributed by atoms with E-state index in [1.165, 1.54) is 4.72 Å². The van der Waals surface area contributed by atoms with Gasteiger partial charge >= 0.3 is 18.4 Å². The average molecular weight is 577 g/mol. The third kappa shape index (κ3) is 7.16. The lowest BCUT2D eigenvalue weighted by Gasteiger charge is -2.35. The van der Waals surface area contributed by atoms with Gasteiger partial charge in [0.25, 0.3) is 10.0 Å². The molecular weight excluding hydrogens is 560 g/mol. The second-order valence-electron chi connectivity index (χ2n) is 7.63. The highest BCUT2D eigenvalue weighted by molar-refractivity contribution is 7.93. The minimum absolute atomic E-state index is 0.156. The number of nitrogens with one attached hydrogen (secondary N) is 2. The Bertz CT molecular complexity index is 1400. The molecule has 0 radical (unpaired) electrons. The lowest BCUT2D eigenvalue weighted by atomic mass is 10.2. The summed E-state index contributed by atoms with van der Waals surface area (Å²) in [5, 5.41) is 10.9. The summed E-state index contributed by atoms with van der Waals surface area (Å²) in [5.74, 6) is -1.44. The molecule has 0 aliphatic carbocycles. The number of carboxylic acid groups (broad SMARTS) is 1. The van der Waals surface area contributed by atoms with Crippen molar-refractivity contribution >= 4 is 37.5 Å². The van der Waals surface area contributed by atoms with Crippen LogP contribution in [-0.4, -0.2) is 59.2 Å². The van der Waals surface area contributed by atoms with E-state index >= 15 is 0 Å². The summed E-state index contributed by atoms with van der Waals surface area (Å²) < 4.78 is 135. The molecule has 0 saturated carbocycles. The molecule has 1 atom stereocenters. The molecule has 18 heteroatoms. The summed E-state index contributed by atoms with van der Waals surface area (Å²) in [6.07, 6.45) is -12.9. The predicted octanol–water partition coefficient (Wildman–Crippen LogP) is 3.23. The van der Waals surface area contributed by atoms with Crippen molar-refractivity contribution in [3.63, 3.8) is 0 Å². The van der Waals surface area contributed by atoms with Crippen LogP contribution in [0.4, 0.5) is 42.5 Å². The van der Waals surface area contributed by atoms with Crippen molar-refractivity contribution < 1.29 is 57.8 Å². The van der Waals surface area contributed by atoms with E-state index in [0.717, 1.165) is 30.3 Å². The molecule has 1 aliphatic heterocycles. The average Bonchev–Trinajstić information content (AvgIpc) is 2.76. The van der Waals surface area contributed by atoms with Crippen molar-refractivity contribution in [2.45, 2.75) is 23.4 Å². The molecule has 2 aromatic carbocycles. The van der Waals surface area contributed by atoms with Gasteiger partial charge in [-0.1, -0.05) is 6.07 Å². The maximum atomic E-state index is 13.4. The van der Waals surface area contributed by atoms with E-state index < -0.39 is 73.9 Å². The quantitative estimate of drug-likeness (QED) is 0.429. The zero-order valence-electron chi connectivity index (χ0n) is 18.2. The van der Waals surface area contributed by atoms with Crippen LogP contribution >= 0.6 is 0 Å². The first-order valence-corrected chi connectivity index (χ1v) is 13.0. The maximum absolute atomic E-state index is 13.4. The van der Waals surface area contributed by atoms with E-state index in [9.17, 15) is 48.0 Å². The van der Waals surface area contributed by atoms with Crippen LogP contribution < -0.4 is 19.1 Å². The molecule has 37 heavy (non-hydrogen) atoms. The number of rotatable bonds is 7. The van der Waals surface area contributed by atoms with Gasteiger partial charge in [-0.25, -0.2) is 26.4 Å². The van der Waals surface area contributed by atoms with E-state index in [1.54, 1.807) is 0 Å². The third-order valence-corrected chi connectivity index (χ3v) is 7.96.